The third-order valence-electron chi connectivity index (χ3n) is 4.72. The summed E-state index contributed by atoms with van der Waals surface area (Å²) in [6.07, 6.45) is 5.31. The highest BCUT2D eigenvalue weighted by Gasteiger charge is 2.18. The predicted octanol–water partition coefficient (Wildman–Crippen LogP) is 4.35. The van der Waals surface area contributed by atoms with Crippen LogP contribution in [0.3, 0.4) is 0 Å². The van der Waals surface area contributed by atoms with E-state index in [4.69, 9.17) is 11.6 Å². The number of carbonyl (C=O) groups is 2. The highest BCUT2D eigenvalue weighted by Crippen LogP contribution is 2.34. The molecule has 2 heterocycles. The zero-order chi connectivity index (χ0) is 21.1. The van der Waals surface area contributed by atoms with Gasteiger partial charge in [-0.05, 0) is 30.7 Å². The van der Waals surface area contributed by atoms with Gasteiger partial charge in [0.15, 0.2) is 0 Å². The molecule has 0 aliphatic rings. The number of hydrogen-bond acceptors (Lipinski definition) is 4. The maximum atomic E-state index is 12.5. The van der Waals surface area contributed by atoms with E-state index in [-0.39, 0.29) is 24.4 Å². The van der Waals surface area contributed by atoms with Crippen molar-refractivity contribution in [1.82, 2.24) is 20.2 Å². The molecule has 0 aliphatic carbocycles. The topological polar surface area (TPSA) is 76.0 Å². The fraction of sp³-hybridized carbons (Fsp3) is 0.136. The SMILES string of the molecule is C[C@H](NC(=O)CNC(=O)c1sc2ccccc2c1Cl)c1ccc(-n2ccnc2)cc1. The summed E-state index contributed by atoms with van der Waals surface area (Å²) in [7, 11) is 0. The van der Waals surface area contributed by atoms with Crippen LogP contribution in [0.15, 0.2) is 67.3 Å². The van der Waals surface area contributed by atoms with Gasteiger partial charge in [-0.15, -0.1) is 11.3 Å². The van der Waals surface area contributed by atoms with E-state index in [1.54, 1.807) is 12.5 Å². The van der Waals surface area contributed by atoms with E-state index in [9.17, 15) is 9.59 Å². The van der Waals surface area contributed by atoms with E-state index >= 15 is 0 Å². The average Bonchev–Trinajstić information content (AvgIpc) is 3.41. The van der Waals surface area contributed by atoms with Gasteiger partial charge >= 0.3 is 0 Å². The van der Waals surface area contributed by atoms with Gasteiger partial charge in [0, 0.05) is 28.2 Å². The molecular formula is C22H19ClN4O2S. The summed E-state index contributed by atoms with van der Waals surface area (Å²) < 4.78 is 2.84. The second-order valence-corrected chi connectivity index (χ2v) is 8.20. The van der Waals surface area contributed by atoms with Crippen molar-refractivity contribution in [3.05, 3.63) is 82.7 Å². The second kappa shape index (κ2) is 8.69. The van der Waals surface area contributed by atoms with Crippen LogP contribution in [-0.4, -0.2) is 27.9 Å². The smallest absolute Gasteiger partial charge is 0.263 e. The fourth-order valence-electron chi connectivity index (χ4n) is 3.12. The van der Waals surface area contributed by atoms with E-state index in [0.717, 1.165) is 21.3 Å². The number of aromatic nitrogens is 2. The molecule has 0 bridgehead atoms. The Morgan fingerprint density at radius 2 is 1.93 bits per heavy atom. The summed E-state index contributed by atoms with van der Waals surface area (Å²) in [4.78, 5) is 29.2. The molecule has 0 spiro atoms. The number of nitrogens with one attached hydrogen (secondary N) is 2. The van der Waals surface area contributed by atoms with Gasteiger partial charge < -0.3 is 15.2 Å². The Hall–Kier alpha value is -3.16. The lowest BCUT2D eigenvalue weighted by atomic mass is 10.1. The molecule has 0 aliphatic heterocycles. The minimum atomic E-state index is -0.353. The molecule has 0 unspecified atom stereocenters. The van der Waals surface area contributed by atoms with Gasteiger partial charge in [0.1, 0.15) is 4.88 Å². The molecule has 0 saturated heterocycles. The molecule has 2 N–H and O–H groups in total. The Labute approximate surface area is 182 Å². The summed E-state index contributed by atoms with van der Waals surface area (Å²) in [5.41, 5.74) is 1.95. The summed E-state index contributed by atoms with van der Waals surface area (Å²) in [6.45, 7) is 1.77. The molecule has 8 heteroatoms. The van der Waals surface area contributed by atoms with Crippen molar-refractivity contribution < 1.29 is 9.59 Å². The number of amides is 2. The molecule has 2 amide bonds. The van der Waals surface area contributed by atoms with Crippen LogP contribution in [0.4, 0.5) is 0 Å². The Kier molecular flexibility index (Phi) is 5.83. The van der Waals surface area contributed by atoms with Crippen LogP contribution < -0.4 is 10.6 Å². The van der Waals surface area contributed by atoms with Crippen molar-refractivity contribution in [2.45, 2.75) is 13.0 Å². The molecule has 6 nitrogen and oxygen atoms in total. The highest BCUT2D eigenvalue weighted by molar-refractivity contribution is 7.21. The number of benzene rings is 2. The van der Waals surface area contributed by atoms with Crippen molar-refractivity contribution in [2.75, 3.05) is 6.54 Å². The molecule has 4 rings (SSSR count). The molecule has 2 aromatic carbocycles. The number of halogens is 1. The normalized spacial score (nSPS) is 11.9. The van der Waals surface area contributed by atoms with Crippen molar-refractivity contribution in [2.24, 2.45) is 0 Å². The van der Waals surface area contributed by atoms with E-state index < -0.39 is 0 Å². The first-order valence-electron chi connectivity index (χ1n) is 9.36. The monoisotopic (exact) mass is 438 g/mol. The molecule has 0 fully saturated rings. The summed E-state index contributed by atoms with van der Waals surface area (Å²) in [5, 5.41) is 6.80. The van der Waals surface area contributed by atoms with Gasteiger partial charge in [-0.25, -0.2) is 4.98 Å². The van der Waals surface area contributed by atoms with Crippen LogP contribution in [0, 0.1) is 0 Å². The van der Waals surface area contributed by atoms with Gasteiger partial charge in [-0.2, -0.15) is 0 Å². The largest absolute Gasteiger partial charge is 0.348 e. The Morgan fingerprint density at radius 3 is 2.63 bits per heavy atom. The Bertz CT molecular complexity index is 1190. The number of carbonyl (C=O) groups excluding carboxylic acids is 2. The van der Waals surface area contributed by atoms with E-state index in [0.29, 0.717) is 9.90 Å². The van der Waals surface area contributed by atoms with Crippen LogP contribution in [0.5, 0.6) is 0 Å². The number of imidazole rings is 1. The molecule has 0 saturated carbocycles. The first-order valence-corrected chi connectivity index (χ1v) is 10.6. The third-order valence-corrected chi connectivity index (χ3v) is 6.40. The summed E-state index contributed by atoms with van der Waals surface area (Å²) >= 11 is 7.64. The van der Waals surface area contributed by atoms with Gasteiger partial charge in [-0.3, -0.25) is 9.59 Å². The van der Waals surface area contributed by atoms with Gasteiger partial charge in [0.05, 0.1) is 23.9 Å². The zero-order valence-corrected chi connectivity index (χ0v) is 17.7. The van der Waals surface area contributed by atoms with E-state index in [2.05, 4.69) is 15.6 Å². The summed E-state index contributed by atoms with van der Waals surface area (Å²) in [5.74, 6) is -0.625. The number of nitrogens with zero attached hydrogens (tertiary/aromatic N) is 2. The molecule has 152 valence electrons. The molecule has 4 aromatic rings. The number of rotatable bonds is 6. The van der Waals surface area contributed by atoms with Crippen LogP contribution in [0.1, 0.15) is 28.2 Å². The van der Waals surface area contributed by atoms with Crippen LogP contribution in [-0.2, 0) is 4.79 Å². The minimum absolute atomic E-state index is 0.124. The first kappa shape index (κ1) is 20.1. The van der Waals surface area contributed by atoms with Gasteiger partial charge in [0.2, 0.25) is 5.91 Å². The molecule has 1 atom stereocenters. The van der Waals surface area contributed by atoms with Crippen LogP contribution in [0.2, 0.25) is 5.02 Å². The van der Waals surface area contributed by atoms with Crippen molar-refractivity contribution >= 4 is 44.8 Å². The summed E-state index contributed by atoms with van der Waals surface area (Å²) in [6, 6.07) is 15.2. The minimum Gasteiger partial charge on any atom is -0.348 e. The molecule has 0 radical (unpaired) electrons. The quantitative estimate of drug-likeness (QED) is 0.470. The maximum absolute atomic E-state index is 12.5. The Morgan fingerprint density at radius 1 is 1.17 bits per heavy atom. The highest BCUT2D eigenvalue weighted by atomic mass is 35.5. The Balaban J connectivity index is 1.33. The number of hydrogen-bond donors (Lipinski definition) is 2. The van der Waals surface area contributed by atoms with E-state index in [1.807, 2.05) is 66.2 Å². The first-order chi connectivity index (χ1) is 14.5. The third kappa shape index (κ3) is 4.22. The van der Waals surface area contributed by atoms with Crippen LogP contribution >= 0.6 is 22.9 Å². The maximum Gasteiger partial charge on any atom is 0.263 e. The van der Waals surface area contributed by atoms with Gasteiger partial charge in [-0.1, -0.05) is 41.9 Å². The number of thiophene rings is 1. The molecule has 2 aromatic heterocycles. The molecular weight excluding hydrogens is 420 g/mol. The average molecular weight is 439 g/mol. The lowest BCUT2D eigenvalue weighted by molar-refractivity contribution is -0.120. The standard InChI is InChI=1S/C22H19ClN4O2S/c1-14(15-6-8-16(9-7-15)27-11-10-24-13-27)26-19(28)12-25-22(29)21-20(23)17-4-2-3-5-18(17)30-21/h2-11,13-14H,12H2,1H3,(H,25,29)(H,26,28)/t14-/m0/s1. The van der Waals surface area contributed by atoms with E-state index in [1.165, 1.54) is 11.3 Å². The van der Waals surface area contributed by atoms with Crippen molar-refractivity contribution in [3.63, 3.8) is 0 Å². The molecule has 30 heavy (non-hydrogen) atoms. The predicted molar refractivity (Wildman–Crippen MR) is 119 cm³/mol. The van der Waals surface area contributed by atoms with Crippen LogP contribution in [0.25, 0.3) is 15.8 Å². The van der Waals surface area contributed by atoms with Crippen molar-refractivity contribution in [1.29, 1.82) is 0 Å². The number of fused-ring (bicyclic) bond motifs is 1. The fourth-order valence-corrected chi connectivity index (χ4v) is 4.56. The van der Waals surface area contributed by atoms with Gasteiger partial charge in [0.25, 0.3) is 5.91 Å². The lowest BCUT2D eigenvalue weighted by Gasteiger charge is -2.15. The zero-order valence-electron chi connectivity index (χ0n) is 16.1. The van der Waals surface area contributed by atoms with Crippen molar-refractivity contribution in [3.8, 4) is 5.69 Å². The lowest BCUT2D eigenvalue weighted by Crippen LogP contribution is -2.37. The second-order valence-electron chi connectivity index (χ2n) is 6.77.